The third-order valence-corrected chi connectivity index (χ3v) is 5.52. The van der Waals surface area contributed by atoms with Crippen molar-refractivity contribution in [3.8, 4) is 5.75 Å². The fraction of sp³-hybridized carbons (Fsp3) is 0.176. The Balaban J connectivity index is 1.75. The van der Waals surface area contributed by atoms with Crippen molar-refractivity contribution < 1.29 is 14.3 Å². The number of amides is 1. The maximum Gasteiger partial charge on any atom is 0.264 e. The molecule has 2 N–H and O–H groups in total. The van der Waals surface area contributed by atoms with Gasteiger partial charge < -0.3 is 4.74 Å². The second-order valence-electron chi connectivity index (χ2n) is 5.33. The first-order chi connectivity index (χ1) is 12.5. The second-order valence-corrected chi connectivity index (χ2v) is 7.35. The van der Waals surface area contributed by atoms with Crippen molar-refractivity contribution in [2.75, 3.05) is 12.5 Å². The molecule has 1 aliphatic heterocycles. The van der Waals surface area contributed by atoms with Crippen molar-refractivity contribution >= 4 is 51.2 Å². The van der Waals surface area contributed by atoms with Gasteiger partial charge in [0.2, 0.25) is 5.13 Å². The average molecular weight is 388 g/mol. The molecule has 3 rings (SSSR count). The number of carbonyl (C=O) groups is 2. The van der Waals surface area contributed by atoms with Gasteiger partial charge in [-0.25, -0.2) is 4.98 Å². The quantitative estimate of drug-likeness (QED) is 0.464. The summed E-state index contributed by atoms with van der Waals surface area (Å²) >= 11 is 2.44. The predicted octanol–water partition coefficient (Wildman–Crippen LogP) is 3.25. The Morgan fingerprint density at radius 3 is 2.85 bits per heavy atom. The van der Waals surface area contributed by atoms with Crippen molar-refractivity contribution in [2.24, 2.45) is 5.10 Å². The number of ketones is 1. The molecular weight excluding hydrogens is 372 g/mol. The number of aryl methyl sites for hydroxylation is 1. The Morgan fingerprint density at radius 2 is 2.15 bits per heavy atom. The van der Waals surface area contributed by atoms with Crippen molar-refractivity contribution in [2.45, 2.75) is 13.8 Å². The molecule has 1 fully saturated rings. The summed E-state index contributed by atoms with van der Waals surface area (Å²) in [5, 5.41) is 7.75. The van der Waals surface area contributed by atoms with Gasteiger partial charge in [0.15, 0.2) is 11.0 Å². The highest BCUT2D eigenvalue weighted by Gasteiger charge is 2.24. The lowest BCUT2D eigenvalue weighted by molar-refractivity contribution is -0.115. The van der Waals surface area contributed by atoms with Gasteiger partial charge in [0, 0.05) is 12.5 Å². The monoisotopic (exact) mass is 388 g/mol. The lowest BCUT2D eigenvalue weighted by Crippen LogP contribution is -2.20. The van der Waals surface area contributed by atoms with E-state index in [0.717, 1.165) is 5.56 Å². The smallest absolute Gasteiger partial charge is 0.264 e. The molecule has 1 amide bonds. The summed E-state index contributed by atoms with van der Waals surface area (Å²) in [7, 11) is 1.58. The Kier molecular flexibility index (Phi) is 5.38. The van der Waals surface area contributed by atoms with Gasteiger partial charge in [-0.05, 0) is 30.8 Å². The van der Waals surface area contributed by atoms with Crippen LogP contribution >= 0.6 is 23.1 Å². The highest BCUT2D eigenvalue weighted by molar-refractivity contribution is 8.18. The SMILES string of the molecule is COc1ccccc1/C=C1\SC(=NNc2nc(C)c(C(C)=O)s2)NC1=O. The highest BCUT2D eigenvalue weighted by atomic mass is 32.2. The van der Waals surface area contributed by atoms with E-state index in [0.29, 0.717) is 31.5 Å². The van der Waals surface area contributed by atoms with Crippen LogP contribution in [-0.4, -0.2) is 29.0 Å². The number of hydrazone groups is 1. The van der Waals surface area contributed by atoms with Crippen LogP contribution in [0.1, 0.15) is 27.9 Å². The summed E-state index contributed by atoms with van der Waals surface area (Å²) in [5.74, 6) is 0.416. The van der Waals surface area contributed by atoms with Crippen LogP contribution < -0.4 is 15.5 Å². The molecule has 0 bridgehead atoms. The number of ether oxygens (including phenoxy) is 1. The van der Waals surface area contributed by atoms with Crippen LogP contribution in [0, 0.1) is 6.92 Å². The van der Waals surface area contributed by atoms with Crippen LogP contribution in [-0.2, 0) is 4.79 Å². The molecule has 1 aromatic carbocycles. The summed E-state index contributed by atoms with van der Waals surface area (Å²) in [6.45, 7) is 3.27. The Hall–Kier alpha value is -2.65. The fourth-order valence-corrected chi connectivity index (χ4v) is 3.85. The van der Waals surface area contributed by atoms with Crippen molar-refractivity contribution in [3.63, 3.8) is 0 Å². The van der Waals surface area contributed by atoms with E-state index in [4.69, 9.17) is 4.74 Å². The van der Waals surface area contributed by atoms with Gasteiger partial charge >= 0.3 is 0 Å². The molecule has 0 unspecified atom stereocenters. The van der Waals surface area contributed by atoms with Crippen LogP contribution in [0.5, 0.6) is 5.75 Å². The molecule has 0 saturated carbocycles. The number of nitrogens with one attached hydrogen (secondary N) is 2. The van der Waals surface area contributed by atoms with Crippen LogP contribution in [0.25, 0.3) is 6.08 Å². The number of nitrogens with zero attached hydrogens (tertiary/aromatic N) is 2. The summed E-state index contributed by atoms with van der Waals surface area (Å²) in [6.07, 6.45) is 1.75. The van der Waals surface area contributed by atoms with E-state index in [2.05, 4.69) is 20.8 Å². The largest absolute Gasteiger partial charge is 0.496 e. The van der Waals surface area contributed by atoms with Crippen LogP contribution in [0.15, 0.2) is 34.3 Å². The number of amidine groups is 1. The number of rotatable bonds is 5. The number of methoxy groups -OCH3 is 1. The first-order valence-electron chi connectivity index (χ1n) is 7.64. The highest BCUT2D eigenvalue weighted by Crippen LogP contribution is 2.29. The molecule has 0 aliphatic carbocycles. The van der Waals surface area contributed by atoms with E-state index < -0.39 is 0 Å². The predicted molar refractivity (Wildman–Crippen MR) is 105 cm³/mol. The first-order valence-corrected chi connectivity index (χ1v) is 9.27. The van der Waals surface area contributed by atoms with Gasteiger partial charge in [-0.1, -0.05) is 29.5 Å². The Bertz CT molecular complexity index is 934. The minimum atomic E-state index is -0.235. The Labute approximate surface area is 158 Å². The van der Waals surface area contributed by atoms with Gasteiger partial charge in [-0.15, -0.1) is 5.10 Å². The van der Waals surface area contributed by atoms with Gasteiger partial charge in [0.1, 0.15) is 5.75 Å². The van der Waals surface area contributed by atoms with Gasteiger partial charge in [-0.2, -0.15) is 0 Å². The van der Waals surface area contributed by atoms with E-state index in [1.165, 1.54) is 30.0 Å². The number of benzene rings is 1. The number of thioether (sulfide) groups is 1. The fourth-order valence-electron chi connectivity index (χ4n) is 2.28. The minimum Gasteiger partial charge on any atom is -0.496 e. The summed E-state index contributed by atoms with van der Waals surface area (Å²) < 4.78 is 5.29. The van der Waals surface area contributed by atoms with E-state index in [1.54, 1.807) is 20.1 Å². The molecule has 2 heterocycles. The maximum atomic E-state index is 12.1. The zero-order valence-electron chi connectivity index (χ0n) is 14.3. The molecule has 1 aromatic heterocycles. The molecule has 26 heavy (non-hydrogen) atoms. The average Bonchev–Trinajstić information content (AvgIpc) is 3.16. The molecule has 9 heteroatoms. The molecule has 1 aliphatic rings. The number of hydrogen-bond donors (Lipinski definition) is 2. The zero-order valence-corrected chi connectivity index (χ0v) is 16.0. The number of aromatic nitrogens is 1. The molecule has 2 aromatic rings. The molecule has 0 radical (unpaired) electrons. The maximum absolute atomic E-state index is 12.1. The van der Waals surface area contributed by atoms with Crippen LogP contribution in [0.4, 0.5) is 5.13 Å². The number of thiazole rings is 1. The van der Waals surface area contributed by atoms with Crippen molar-refractivity contribution in [3.05, 3.63) is 45.3 Å². The molecular formula is C17H16N4O3S2. The lowest BCUT2D eigenvalue weighted by Gasteiger charge is -2.03. The van der Waals surface area contributed by atoms with Crippen molar-refractivity contribution in [1.82, 2.24) is 10.3 Å². The number of hydrogen-bond acceptors (Lipinski definition) is 8. The van der Waals surface area contributed by atoms with E-state index in [9.17, 15) is 9.59 Å². The van der Waals surface area contributed by atoms with Gasteiger partial charge in [0.05, 0.1) is 22.6 Å². The first kappa shape index (κ1) is 18.2. The number of carbonyl (C=O) groups excluding carboxylic acids is 2. The third kappa shape index (κ3) is 3.94. The van der Waals surface area contributed by atoms with Gasteiger partial charge in [0.25, 0.3) is 5.91 Å². The molecule has 134 valence electrons. The molecule has 0 spiro atoms. The summed E-state index contributed by atoms with van der Waals surface area (Å²) in [6, 6.07) is 7.44. The van der Waals surface area contributed by atoms with Crippen LogP contribution in [0.2, 0.25) is 0 Å². The zero-order chi connectivity index (χ0) is 18.7. The van der Waals surface area contributed by atoms with Crippen molar-refractivity contribution in [1.29, 1.82) is 0 Å². The molecule has 1 saturated heterocycles. The Morgan fingerprint density at radius 1 is 1.38 bits per heavy atom. The topological polar surface area (TPSA) is 92.7 Å². The van der Waals surface area contributed by atoms with E-state index in [-0.39, 0.29) is 11.7 Å². The summed E-state index contributed by atoms with van der Waals surface area (Å²) in [5.41, 5.74) is 4.25. The van der Waals surface area contributed by atoms with Crippen LogP contribution in [0.3, 0.4) is 0 Å². The number of anilines is 1. The third-order valence-electron chi connectivity index (χ3n) is 3.45. The lowest BCUT2D eigenvalue weighted by atomic mass is 10.2. The number of para-hydroxylation sites is 1. The van der Waals surface area contributed by atoms with E-state index in [1.807, 2.05) is 24.3 Å². The number of Topliss-reactive ketones (excluding diaryl/α,β-unsaturated/α-hetero) is 1. The normalized spacial score (nSPS) is 16.8. The minimum absolute atomic E-state index is 0.0359. The standard InChI is InChI=1S/C17H16N4O3S2/c1-9-14(10(2)22)26-16(18-9)20-21-17-19-15(23)13(25-17)8-11-6-4-5-7-12(11)24-3/h4-8H,1-3H3,(H,18,20)(H,19,21,23)/b13-8-. The van der Waals surface area contributed by atoms with Gasteiger partial charge in [-0.3, -0.25) is 20.3 Å². The molecule has 7 nitrogen and oxygen atoms in total. The molecule has 0 atom stereocenters. The van der Waals surface area contributed by atoms with E-state index >= 15 is 0 Å². The summed E-state index contributed by atoms with van der Waals surface area (Å²) in [4.78, 5) is 29.0. The second kappa shape index (κ2) is 7.71.